The summed E-state index contributed by atoms with van der Waals surface area (Å²) in [5.41, 5.74) is 0. The third-order valence-electron chi connectivity index (χ3n) is 2.41. The van der Waals surface area contributed by atoms with E-state index in [0.717, 1.165) is 13.0 Å². The summed E-state index contributed by atoms with van der Waals surface area (Å²) in [6.07, 6.45) is 1.59. The fourth-order valence-corrected chi connectivity index (χ4v) is 3.15. The molecule has 0 radical (unpaired) electrons. The Bertz CT molecular complexity index is 302. The van der Waals surface area contributed by atoms with Crippen molar-refractivity contribution in [3.8, 4) is 0 Å². The molecule has 0 saturated heterocycles. The van der Waals surface area contributed by atoms with Crippen molar-refractivity contribution >= 4 is 10.0 Å². The Labute approximate surface area is 112 Å². The predicted molar refractivity (Wildman–Crippen MR) is 77.3 cm³/mol. The van der Waals surface area contributed by atoms with Gasteiger partial charge in [-0.25, -0.2) is 13.1 Å². The Kier molecular flexibility index (Phi) is 8.77. The van der Waals surface area contributed by atoms with Crippen molar-refractivity contribution < 1.29 is 8.42 Å². The number of likely N-dealkylation sites (N-methyl/N-ethyl adjacent to an activating group) is 1. The standard InChI is InChI=1S/C12H29N3O2S/c1-11(2)13-8-6-7-9-18(16,17)14-12(3)10-15(4)5/h11-14H,6-10H2,1-5H3. The molecule has 18 heavy (non-hydrogen) atoms. The largest absolute Gasteiger partial charge is 0.315 e. The molecular weight excluding hydrogens is 250 g/mol. The molecule has 5 nitrogen and oxygen atoms in total. The Morgan fingerprint density at radius 3 is 2.22 bits per heavy atom. The quantitative estimate of drug-likeness (QED) is 0.576. The fraction of sp³-hybridized carbons (Fsp3) is 1.00. The van der Waals surface area contributed by atoms with Gasteiger partial charge < -0.3 is 10.2 Å². The SMILES string of the molecule is CC(C)NCCCCS(=O)(=O)NC(C)CN(C)C. The number of sulfonamides is 1. The van der Waals surface area contributed by atoms with E-state index in [4.69, 9.17) is 0 Å². The van der Waals surface area contributed by atoms with Crippen molar-refractivity contribution in [3.05, 3.63) is 0 Å². The smallest absolute Gasteiger partial charge is 0.211 e. The van der Waals surface area contributed by atoms with Crippen molar-refractivity contribution in [1.82, 2.24) is 14.9 Å². The third kappa shape index (κ3) is 11.0. The molecule has 0 heterocycles. The van der Waals surface area contributed by atoms with Gasteiger partial charge in [0.2, 0.25) is 10.0 Å². The number of hydrogen-bond acceptors (Lipinski definition) is 4. The second kappa shape index (κ2) is 8.85. The third-order valence-corrected chi connectivity index (χ3v) is 4.00. The van der Waals surface area contributed by atoms with E-state index in [1.807, 2.05) is 25.9 Å². The molecule has 110 valence electrons. The van der Waals surface area contributed by atoms with E-state index in [1.165, 1.54) is 0 Å². The first-order chi connectivity index (χ1) is 8.23. The van der Waals surface area contributed by atoms with Gasteiger partial charge in [0.1, 0.15) is 0 Å². The molecule has 0 aromatic carbocycles. The van der Waals surface area contributed by atoms with Gasteiger partial charge in [-0.1, -0.05) is 13.8 Å². The van der Waals surface area contributed by atoms with Crippen LogP contribution in [0.5, 0.6) is 0 Å². The van der Waals surface area contributed by atoms with Crippen LogP contribution in [0.4, 0.5) is 0 Å². The molecule has 1 unspecified atom stereocenters. The monoisotopic (exact) mass is 279 g/mol. The lowest BCUT2D eigenvalue weighted by Crippen LogP contribution is -2.40. The molecule has 0 fully saturated rings. The van der Waals surface area contributed by atoms with Gasteiger partial charge in [-0.3, -0.25) is 0 Å². The highest BCUT2D eigenvalue weighted by Gasteiger charge is 2.14. The van der Waals surface area contributed by atoms with Gasteiger partial charge in [0.05, 0.1) is 5.75 Å². The summed E-state index contributed by atoms with van der Waals surface area (Å²) < 4.78 is 26.2. The number of rotatable bonds is 10. The molecule has 0 spiro atoms. The first kappa shape index (κ1) is 17.8. The molecule has 0 amide bonds. The first-order valence-electron chi connectivity index (χ1n) is 6.61. The maximum Gasteiger partial charge on any atom is 0.211 e. The highest BCUT2D eigenvalue weighted by Crippen LogP contribution is 1.97. The van der Waals surface area contributed by atoms with E-state index in [0.29, 0.717) is 19.0 Å². The second-order valence-electron chi connectivity index (χ2n) is 5.42. The summed E-state index contributed by atoms with van der Waals surface area (Å²) >= 11 is 0. The van der Waals surface area contributed by atoms with Crippen molar-refractivity contribution in [3.63, 3.8) is 0 Å². The molecule has 0 saturated carbocycles. The zero-order valence-corrected chi connectivity index (χ0v) is 13.2. The molecule has 0 aromatic rings. The Balaban J connectivity index is 3.80. The van der Waals surface area contributed by atoms with Crippen molar-refractivity contribution in [1.29, 1.82) is 0 Å². The summed E-state index contributed by atoms with van der Waals surface area (Å²) in [6.45, 7) is 7.65. The minimum Gasteiger partial charge on any atom is -0.315 e. The van der Waals surface area contributed by atoms with Gasteiger partial charge in [-0.15, -0.1) is 0 Å². The van der Waals surface area contributed by atoms with Crippen LogP contribution in [-0.2, 0) is 10.0 Å². The lowest BCUT2D eigenvalue weighted by Gasteiger charge is -2.18. The van der Waals surface area contributed by atoms with Gasteiger partial charge in [-0.05, 0) is 40.4 Å². The molecule has 2 N–H and O–H groups in total. The van der Waals surface area contributed by atoms with E-state index < -0.39 is 10.0 Å². The van der Waals surface area contributed by atoms with Crippen LogP contribution >= 0.6 is 0 Å². The predicted octanol–water partition coefficient (Wildman–Crippen LogP) is 0.634. The zero-order valence-electron chi connectivity index (χ0n) is 12.4. The lowest BCUT2D eigenvalue weighted by atomic mass is 10.3. The van der Waals surface area contributed by atoms with E-state index in [2.05, 4.69) is 23.9 Å². The van der Waals surface area contributed by atoms with Gasteiger partial charge in [0, 0.05) is 18.6 Å². The second-order valence-corrected chi connectivity index (χ2v) is 7.29. The maximum absolute atomic E-state index is 11.8. The molecule has 6 heteroatoms. The van der Waals surface area contributed by atoms with Crippen LogP contribution in [0.3, 0.4) is 0 Å². The summed E-state index contributed by atoms with van der Waals surface area (Å²) in [6, 6.07) is 0.415. The molecular formula is C12H29N3O2S. The molecule has 0 aliphatic carbocycles. The molecule has 0 rings (SSSR count). The zero-order chi connectivity index (χ0) is 14.2. The minimum atomic E-state index is -3.13. The fourth-order valence-electron chi connectivity index (χ4n) is 1.76. The highest BCUT2D eigenvalue weighted by atomic mass is 32.2. The van der Waals surface area contributed by atoms with Crippen LogP contribution in [0.15, 0.2) is 0 Å². The van der Waals surface area contributed by atoms with E-state index in [1.54, 1.807) is 0 Å². The molecule has 0 aliphatic rings. The van der Waals surface area contributed by atoms with Gasteiger partial charge in [0.15, 0.2) is 0 Å². The van der Waals surface area contributed by atoms with Gasteiger partial charge in [-0.2, -0.15) is 0 Å². The average Bonchev–Trinajstić information content (AvgIpc) is 2.13. The average molecular weight is 279 g/mol. The summed E-state index contributed by atoms with van der Waals surface area (Å²) in [7, 11) is 0.734. The Morgan fingerprint density at radius 2 is 1.72 bits per heavy atom. The van der Waals surface area contributed by atoms with Crippen LogP contribution in [0.2, 0.25) is 0 Å². The maximum atomic E-state index is 11.8. The summed E-state index contributed by atoms with van der Waals surface area (Å²) in [5, 5.41) is 3.28. The Morgan fingerprint density at radius 1 is 1.11 bits per heavy atom. The van der Waals surface area contributed by atoms with Crippen LogP contribution in [0.1, 0.15) is 33.6 Å². The number of unbranched alkanes of at least 4 members (excludes halogenated alkanes) is 1. The van der Waals surface area contributed by atoms with Crippen LogP contribution in [0, 0.1) is 0 Å². The van der Waals surface area contributed by atoms with Crippen molar-refractivity contribution in [2.75, 3.05) is 32.9 Å². The van der Waals surface area contributed by atoms with Crippen molar-refractivity contribution in [2.24, 2.45) is 0 Å². The van der Waals surface area contributed by atoms with Crippen LogP contribution < -0.4 is 10.0 Å². The molecule has 0 bridgehead atoms. The molecule has 0 aromatic heterocycles. The summed E-state index contributed by atoms with van der Waals surface area (Å²) in [5.74, 6) is 0.213. The van der Waals surface area contributed by atoms with E-state index in [9.17, 15) is 8.42 Å². The number of nitrogens with zero attached hydrogens (tertiary/aromatic N) is 1. The normalized spacial score (nSPS) is 14.4. The molecule has 1 atom stereocenters. The van der Waals surface area contributed by atoms with Crippen molar-refractivity contribution in [2.45, 2.75) is 45.7 Å². The molecule has 0 aliphatic heterocycles. The minimum absolute atomic E-state index is 0.0428. The number of hydrogen-bond donors (Lipinski definition) is 2. The topological polar surface area (TPSA) is 61.4 Å². The van der Waals surface area contributed by atoms with Crippen LogP contribution in [-0.4, -0.2) is 58.3 Å². The van der Waals surface area contributed by atoms with Crippen LogP contribution in [0.25, 0.3) is 0 Å². The van der Waals surface area contributed by atoms with E-state index in [-0.39, 0.29) is 11.8 Å². The highest BCUT2D eigenvalue weighted by molar-refractivity contribution is 7.89. The van der Waals surface area contributed by atoms with Gasteiger partial charge >= 0.3 is 0 Å². The summed E-state index contributed by atoms with van der Waals surface area (Å²) in [4.78, 5) is 1.97. The van der Waals surface area contributed by atoms with E-state index >= 15 is 0 Å². The van der Waals surface area contributed by atoms with Gasteiger partial charge in [0.25, 0.3) is 0 Å². The number of nitrogens with one attached hydrogen (secondary N) is 2. The lowest BCUT2D eigenvalue weighted by molar-refractivity contribution is 0.370. The Hall–Kier alpha value is -0.170. The first-order valence-corrected chi connectivity index (χ1v) is 8.26.